The molecule has 2 N–H and O–H groups in total. The number of benzene rings is 1. The van der Waals surface area contributed by atoms with Gasteiger partial charge in [-0.1, -0.05) is 0 Å². The first kappa shape index (κ1) is 15.3. The molecule has 0 saturated carbocycles. The molecule has 2 heterocycles. The van der Waals surface area contributed by atoms with Crippen LogP contribution in [0.5, 0.6) is 0 Å². The molecule has 1 amide bonds. The van der Waals surface area contributed by atoms with Crippen molar-refractivity contribution in [2.24, 2.45) is 0 Å². The van der Waals surface area contributed by atoms with Gasteiger partial charge >= 0.3 is 0 Å². The molecule has 0 aliphatic heterocycles. The van der Waals surface area contributed by atoms with E-state index in [0.717, 1.165) is 11.3 Å². The van der Waals surface area contributed by atoms with Gasteiger partial charge < -0.3 is 19.5 Å². The van der Waals surface area contributed by atoms with Crippen molar-refractivity contribution in [1.82, 2.24) is 10.3 Å². The highest BCUT2D eigenvalue weighted by Gasteiger charge is 2.09. The topological polar surface area (TPSA) is 67.3 Å². The first-order valence-electron chi connectivity index (χ1n) is 7.39. The Morgan fingerprint density at radius 3 is 3.04 bits per heavy atom. The van der Waals surface area contributed by atoms with Crippen molar-refractivity contribution >= 4 is 16.8 Å². The lowest BCUT2D eigenvalue weighted by atomic mass is 10.2. The summed E-state index contributed by atoms with van der Waals surface area (Å²) < 4.78 is 23.7. The molecule has 3 rings (SSSR count). The van der Waals surface area contributed by atoms with Crippen LogP contribution >= 0.6 is 0 Å². The number of amides is 1. The van der Waals surface area contributed by atoms with Gasteiger partial charge in [-0.15, -0.1) is 0 Å². The van der Waals surface area contributed by atoms with Gasteiger partial charge in [-0.05, 0) is 42.8 Å². The molecular weight excluding hydrogens is 299 g/mol. The SMILES string of the molecule is O=C(NCCCOCc1ccco1)c1cc2cc(F)ccc2[nH]1. The number of hydrogen-bond acceptors (Lipinski definition) is 3. The molecule has 0 radical (unpaired) electrons. The van der Waals surface area contributed by atoms with Crippen LogP contribution in [0.25, 0.3) is 10.9 Å². The number of aromatic nitrogens is 1. The largest absolute Gasteiger partial charge is 0.467 e. The number of ether oxygens (including phenoxy) is 1. The lowest BCUT2D eigenvalue weighted by Gasteiger charge is -2.04. The fourth-order valence-corrected chi connectivity index (χ4v) is 2.26. The van der Waals surface area contributed by atoms with Crippen molar-refractivity contribution in [2.45, 2.75) is 13.0 Å². The summed E-state index contributed by atoms with van der Waals surface area (Å²) in [5, 5.41) is 3.48. The average Bonchev–Trinajstić information content (AvgIpc) is 3.19. The minimum absolute atomic E-state index is 0.215. The van der Waals surface area contributed by atoms with E-state index in [9.17, 15) is 9.18 Å². The Balaban J connectivity index is 1.41. The standard InChI is InChI=1S/C17H17FN2O3/c18-13-4-5-15-12(9-13)10-16(20-15)17(21)19-6-2-7-22-11-14-3-1-8-23-14/h1,3-5,8-10,20H,2,6-7,11H2,(H,19,21). The highest BCUT2D eigenvalue weighted by molar-refractivity contribution is 5.97. The van der Waals surface area contributed by atoms with E-state index in [1.165, 1.54) is 12.1 Å². The number of aromatic amines is 1. The number of carbonyl (C=O) groups is 1. The summed E-state index contributed by atoms with van der Waals surface area (Å²) in [4.78, 5) is 15.0. The van der Waals surface area contributed by atoms with Gasteiger partial charge in [-0.25, -0.2) is 4.39 Å². The van der Waals surface area contributed by atoms with E-state index in [2.05, 4.69) is 10.3 Å². The molecule has 23 heavy (non-hydrogen) atoms. The van der Waals surface area contributed by atoms with E-state index in [1.807, 2.05) is 12.1 Å². The Labute approximate surface area is 132 Å². The third-order valence-corrected chi connectivity index (χ3v) is 3.40. The van der Waals surface area contributed by atoms with E-state index in [0.29, 0.717) is 37.3 Å². The van der Waals surface area contributed by atoms with Crippen LogP contribution in [0.3, 0.4) is 0 Å². The summed E-state index contributed by atoms with van der Waals surface area (Å²) >= 11 is 0. The van der Waals surface area contributed by atoms with Crippen molar-refractivity contribution in [3.05, 3.63) is 59.9 Å². The molecule has 0 bridgehead atoms. The highest BCUT2D eigenvalue weighted by Crippen LogP contribution is 2.16. The van der Waals surface area contributed by atoms with Crippen molar-refractivity contribution < 1.29 is 18.3 Å². The van der Waals surface area contributed by atoms with Crippen LogP contribution in [0.1, 0.15) is 22.7 Å². The number of halogens is 1. The summed E-state index contributed by atoms with van der Waals surface area (Å²) in [6.07, 6.45) is 2.30. The number of H-pyrrole nitrogens is 1. The van der Waals surface area contributed by atoms with Gasteiger partial charge in [0.15, 0.2) is 0 Å². The second-order valence-corrected chi connectivity index (χ2v) is 5.16. The van der Waals surface area contributed by atoms with Gasteiger partial charge in [-0.2, -0.15) is 0 Å². The van der Waals surface area contributed by atoms with Crippen LogP contribution < -0.4 is 5.32 Å². The maximum atomic E-state index is 13.1. The van der Waals surface area contributed by atoms with Crippen molar-refractivity contribution in [1.29, 1.82) is 0 Å². The van der Waals surface area contributed by atoms with E-state index in [1.54, 1.807) is 18.4 Å². The van der Waals surface area contributed by atoms with Crippen LogP contribution in [0.4, 0.5) is 4.39 Å². The number of nitrogens with one attached hydrogen (secondary N) is 2. The molecule has 1 aromatic carbocycles. The van der Waals surface area contributed by atoms with Gasteiger partial charge in [0.05, 0.1) is 6.26 Å². The van der Waals surface area contributed by atoms with Crippen LogP contribution in [0.2, 0.25) is 0 Å². The van der Waals surface area contributed by atoms with Gasteiger partial charge in [0.25, 0.3) is 5.91 Å². The molecule has 0 fully saturated rings. The highest BCUT2D eigenvalue weighted by atomic mass is 19.1. The molecule has 0 atom stereocenters. The van der Waals surface area contributed by atoms with Crippen LogP contribution in [0, 0.1) is 5.82 Å². The molecule has 2 aromatic heterocycles. The van der Waals surface area contributed by atoms with E-state index >= 15 is 0 Å². The number of rotatable bonds is 7. The fourth-order valence-electron chi connectivity index (χ4n) is 2.26. The number of hydrogen-bond donors (Lipinski definition) is 2. The molecule has 0 aliphatic carbocycles. The first-order valence-corrected chi connectivity index (χ1v) is 7.39. The first-order chi connectivity index (χ1) is 11.2. The van der Waals surface area contributed by atoms with Crippen molar-refractivity contribution in [3.8, 4) is 0 Å². The second kappa shape index (κ2) is 7.11. The minimum atomic E-state index is -0.322. The Hall–Kier alpha value is -2.60. The number of furan rings is 1. The molecule has 6 heteroatoms. The van der Waals surface area contributed by atoms with Gasteiger partial charge in [0, 0.05) is 24.1 Å². The molecule has 120 valence electrons. The van der Waals surface area contributed by atoms with Crippen molar-refractivity contribution in [3.63, 3.8) is 0 Å². The predicted molar refractivity (Wildman–Crippen MR) is 83.6 cm³/mol. The fraction of sp³-hybridized carbons (Fsp3) is 0.235. The molecular formula is C17H17FN2O3. The van der Waals surface area contributed by atoms with E-state index in [-0.39, 0.29) is 11.7 Å². The maximum absolute atomic E-state index is 13.1. The summed E-state index contributed by atoms with van der Waals surface area (Å²) in [6.45, 7) is 1.45. The summed E-state index contributed by atoms with van der Waals surface area (Å²) in [7, 11) is 0. The van der Waals surface area contributed by atoms with Gasteiger partial charge in [0.2, 0.25) is 0 Å². The average molecular weight is 316 g/mol. The summed E-state index contributed by atoms with van der Waals surface area (Å²) in [6, 6.07) is 9.67. The second-order valence-electron chi connectivity index (χ2n) is 5.16. The number of fused-ring (bicyclic) bond motifs is 1. The molecule has 0 spiro atoms. The third kappa shape index (κ3) is 3.98. The maximum Gasteiger partial charge on any atom is 0.267 e. The Morgan fingerprint density at radius 1 is 1.30 bits per heavy atom. The van der Waals surface area contributed by atoms with Gasteiger partial charge in [-0.3, -0.25) is 4.79 Å². The van der Waals surface area contributed by atoms with Crippen LogP contribution in [-0.4, -0.2) is 24.0 Å². The molecule has 0 saturated heterocycles. The zero-order valence-corrected chi connectivity index (χ0v) is 12.5. The van der Waals surface area contributed by atoms with Crippen molar-refractivity contribution in [2.75, 3.05) is 13.2 Å². The molecule has 0 aliphatic rings. The smallest absolute Gasteiger partial charge is 0.267 e. The molecule has 0 unspecified atom stereocenters. The Morgan fingerprint density at radius 2 is 2.22 bits per heavy atom. The van der Waals surface area contributed by atoms with Crippen LogP contribution in [0.15, 0.2) is 47.1 Å². The molecule has 5 nitrogen and oxygen atoms in total. The normalized spacial score (nSPS) is 11.0. The Kier molecular flexibility index (Phi) is 4.73. The quantitative estimate of drug-likeness (QED) is 0.658. The monoisotopic (exact) mass is 316 g/mol. The lowest BCUT2D eigenvalue weighted by Crippen LogP contribution is -2.25. The summed E-state index contributed by atoms with van der Waals surface area (Å²) in [5.74, 6) is 0.240. The lowest BCUT2D eigenvalue weighted by molar-refractivity contribution is 0.0913. The van der Waals surface area contributed by atoms with Gasteiger partial charge in [0.1, 0.15) is 23.9 Å². The van der Waals surface area contributed by atoms with Crippen LogP contribution in [-0.2, 0) is 11.3 Å². The van der Waals surface area contributed by atoms with E-state index < -0.39 is 0 Å². The predicted octanol–water partition coefficient (Wildman–Crippen LogP) is 3.24. The third-order valence-electron chi connectivity index (χ3n) is 3.40. The number of carbonyl (C=O) groups excluding carboxylic acids is 1. The van der Waals surface area contributed by atoms with E-state index in [4.69, 9.17) is 9.15 Å². The zero-order valence-electron chi connectivity index (χ0n) is 12.5. The minimum Gasteiger partial charge on any atom is -0.467 e. The zero-order chi connectivity index (χ0) is 16.1. The summed E-state index contributed by atoms with van der Waals surface area (Å²) in [5.41, 5.74) is 1.15. The molecule has 3 aromatic rings. The Bertz CT molecular complexity index is 780.